The van der Waals surface area contributed by atoms with E-state index in [9.17, 15) is 8.42 Å². The zero-order valence-corrected chi connectivity index (χ0v) is 15.2. The molecule has 1 aromatic heterocycles. The van der Waals surface area contributed by atoms with Crippen LogP contribution in [0.3, 0.4) is 0 Å². The zero-order valence-electron chi connectivity index (χ0n) is 13.6. The minimum absolute atomic E-state index is 0.0996. The van der Waals surface area contributed by atoms with Gasteiger partial charge in [0, 0.05) is 5.38 Å². The summed E-state index contributed by atoms with van der Waals surface area (Å²) in [5, 5.41) is 1.84. The summed E-state index contributed by atoms with van der Waals surface area (Å²) in [6.07, 6.45) is 0. The molecule has 6 heteroatoms. The molecule has 2 rings (SSSR count). The van der Waals surface area contributed by atoms with Gasteiger partial charge in [-0.25, -0.2) is 18.1 Å². The Balaban J connectivity index is 2.39. The van der Waals surface area contributed by atoms with E-state index < -0.39 is 10.0 Å². The lowest BCUT2D eigenvalue weighted by Gasteiger charge is -2.22. The quantitative estimate of drug-likeness (QED) is 0.927. The van der Waals surface area contributed by atoms with Crippen molar-refractivity contribution < 1.29 is 8.42 Å². The van der Waals surface area contributed by atoms with E-state index in [0.29, 0.717) is 4.90 Å². The Labute approximate surface area is 136 Å². The Bertz CT molecular complexity index is 758. The number of thiazole rings is 1. The molecular formula is C16H22N2O2S2. The number of nitrogens with zero attached hydrogens (tertiary/aromatic N) is 1. The second kappa shape index (κ2) is 6.10. The number of benzene rings is 1. The number of hydrogen-bond acceptors (Lipinski definition) is 4. The second-order valence-corrected chi connectivity index (χ2v) is 8.92. The molecule has 0 radical (unpaired) electrons. The molecule has 0 saturated heterocycles. The first-order valence-corrected chi connectivity index (χ1v) is 9.52. The first-order valence-electron chi connectivity index (χ1n) is 7.10. The minimum atomic E-state index is -3.56. The Morgan fingerprint density at radius 1 is 1.23 bits per heavy atom. The standard InChI is InChI=1S/C16H22N2O2S2/c1-11-6-13(16(3,4)5)7-15(12(11)2)22(19,20)18-8-14-9-21-10-17-14/h6-7,9-10,18H,8H2,1-5H3. The van der Waals surface area contributed by atoms with E-state index in [1.54, 1.807) is 11.6 Å². The number of aryl methyl sites for hydroxylation is 1. The van der Waals surface area contributed by atoms with Gasteiger partial charge in [-0.05, 0) is 42.0 Å². The van der Waals surface area contributed by atoms with Crippen molar-refractivity contribution in [3.8, 4) is 0 Å². The average molecular weight is 338 g/mol. The molecular weight excluding hydrogens is 316 g/mol. The first-order chi connectivity index (χ1) is 10.1. The molecule has 0 aliphatic rings. The molecule has 0 amide bonds. The molecule has 22 heavy (non-hydrogen) atoms. The van der Waals surface area contributed by atoms with Crippen molar-refractivity contribution in [2.24, 2.45) is 0 Å². The van der Waals surface area contributed by atoms with Crippen LogP contribution in [0.2, 0.25) is 0 Å². The van der Waals surface area contributed by atoms with Crippen LogP contribution >= 0.6 is 11.3 Å². The van der Waals surface area contributed by atoms with Crippen LogP contribution in [0.5, 0.6) is 0 Å². The van der Waals surface area contributed by atoms with Gasteiger partial charge in [-0.2, -0.15) is 0 Å². The SMILES string of the molecule is Cc1cc(C(C)(C)C)cc(S(=O)(=O)NCc2cscn2)c1C. The van der Waals surface area contributed by atoms with Crippen molar-refractivity contribution in [3.63, 3.8) is 0 Å². The Hall–Kier alpha value is -1.24. The van der Waals surface area contributed by atoms with Crippen molar-refractivity contribution in [1.82, 2.24) is 9.71 Å². The van der Waals surface area contributed by atoms with Gasteiger partial charge in [0.2, 0.25) is 10.0 Å². The number of aromatic nitrogens is 1. The Morgan fingerprint density at radius 2 is 1.91 bits per heavy atom. The third kappa shape index (κ3) is 3.74. The van der Waals surface area contributed by atoms with Crippen molar-refractivity contribution in [2.45, 2.75) is 51.5 Å². The monoisotopic (exact) mass is 338 g/mol. The van der Waals surface area contributed by atoms with Crippen molar-refractivity contribution in [1.29, 1.82) is 0 Å². The van der Waals surface area contributed by atoms with Crippen LogP contribution in [-0.4, -0.2) is 13.4 Å². The van der Waals surface area contributed by atoms with Crippen molar-refractivity contribution in [2.75, 3.05) is 0 Å². The Kier molecular flexibility index (Phi) is 4.75. The molecule has 0 spiro atoms. The van der Waals surface area contributed by atoms with E-state index in [1.807, 2.05) is 19.2 Å². The van der Waals surface area contributed by atoms with Gasteiger partial charge in [-0.15, -0.1) is 11.3 Å². The number of sulfonamides is 1. The van der Waals surface area contributed by atoms with Gasteiger partial charge in [0.25, 0.3) is 0 Å². The molecule has 4 nitrogen and oxygen atoms in total. The molecule has 0 atom stereocenters. The summed E-state index contributed by atoms with van der Waals surface area (Å²) in [5.74, 6) is 0. The highest BCUT2D eigenvalue weighted by atomic mass is 32.2. The maximum absolute atomic E-state index is 12.6. The van der Waals surface area contributed by atoms with E-state index in [-0.39, 0.29) is 12.0 Å². The molecule has 0 unspecified atom stereocenters. The van der Waals surface area contributed by atoms with Crippen LogP contribution < -0.4 is 4.72 Å². The molecule has 120 valence electrons. The number of nitrogens with one attached hydrogen (secondary N) is 1. The van der Waals surface area contributed by atoms with Crippen LogP contribution in [0, 0.1) is 13.8 Å². The first kappa shape index (κ1) is 17.1. The minimum Gasteiger partial charge on any atom is -0.248 e. The summed E-state index contributed by atoms with van der Waals surface area (Å²) in [4.78, 5) is 4.46. The smallest absolute Gasteiger partial charge is 0.241 e. The van der Waals surface area contributed by atoms with Gasteiger partial charge in [0.1, 0.15) is 0 Å². The molecule has 1 aromatic carbocycles. The fraction of sp³-hybridized carbons (Fsp3) is 0.438. The topological polar surface area (TPSA) is 59.1 Å². The van der Waals surface area contributed by atoms with E-state index >= 15 is 0 Å². The van der Waals surface area contributed by atoms with E-state index in [2.05, 4.69) is 36.5 Å². The van der Waals surface area contributed by atoms with Crippen molar-refractivity contribution >= 4 is 21.4 Å². The maximum atomic E-state index is 12.6. The van der Waals surface area contributed by atoms with Gasteiger partial charge in [0.05, 0.1) is 22.6 Å². The van der Waals surface area contributed by atoms with Gasteiger partial charge < -0.3 is 0 Å². The van der Waals surface area contributed by atoms with Gasteiger partial charge in [-0.1, -0.05) is 26.8 Å². The third-order valence-electron chi connectivity index (χ3n) is 3.70. The van der Waals surface area contributed by atoms with Gasteiger partial charge >= 0.3 is 0 Å². The second-order valence-electron chi connectivity index (χ2n) is 6.47. The fourth-order valence-corrected chi connectivity index (χ4v) is 4.01. The molecule has 0 fully saturated rings. The zero-order chi connectivity index (χ0) is 16.5. The van der Waals surface area contributed by atoms with Gasteiger partial charge in [-0.3, -0.25) is 0 Å². The summed E-state index contributed by atoms with van der Waals surface area (Å²) in [5.41, 5.74) is 5.12. The molecule has 0 aliphatic carbocycles. The fourth-order valence-electron chi connectivity index (χ4n) is 2.11. The lowest BCUT2D eigenvalue weighted by Crippen LogP contribution is -2.25. The molecule has 0 bridgehead atoms. The van der Waals surface area contributed by atoms with Crippen LogP contribution in [-0.2, 0) is 22.0 Å². The van der Waals surface area contributed by atoms with E-state index in [4.69, 9.17) is 0 Å². The van der Waals surface area contributed by atoms with Crippen molar-refractivity contribution in [3.05, 3.63) is 45.4 Å². The van der Waals surface area contributed by atoms with Crippen LogP contribution in [0.4, 0.5) is 0 Å². The highest BCUT2D eigenvalue weighted by Crippen LogP contribution is 2.29. The predicted molar refractivity (Wildman–Crippen MR) is 90.8 cm³/mol. The van der Waals surface area contributed by atoms with Gasteiger partial charge in [0.15, 0.2) is 0 Å². The molecule has 0 saturated carbocycles. The summed E-state index contributed by atoms with van der Waals surface area (Å²) in [6.45, 7) is 10.2. The number of hydrogen-bond donors (Lipinski definition) is 1. The lowest BCUT2D eigenvalue weighted by molar-refractivity contribution is 0.574. The highest BCUT2D eigenvalue weighted by Gasteiger charge is 2.22. The molecule has 0 aliphatic heterocycles. The molecule has 1 heterocycles. The summed E-state index contributed by atoms with van der Waals surface area (Å²) < 4.78 is 27.9. The Morgan fingerprint density at radius 3 is 2.45 bits per heavy atom. The number of rotatable bonds is 4. The van der Waals surface area contributed by atoms with Crippen LogP contribution in [0.15, 0.2) is 27.9 Å². The van der Waals surface area contributed by atoms with Crippen LogP contribution in [0.1, 0.15) is 43.2 Å². The summed E-state index contributed by atoms with van der Waals surface area (Å²) in [7, 11) is -3.56. The normalized spacial score (nSPS) is 12.6. The predicted octanol–water partition coefficient (Wildman–Crippen LogP) is 3.54. The summed E-state index contributed by atoms with van der Waals surface area (Å²) in [6, 6.07) is 3.85. The molecule has 2 aromatic rings. The largest absolute Gasteiger partial charge is 0.248 e. The maximum Gasteiger partial charge on any atom is 0.241 e. The average Bonchev–Trinajstić information content (AvgIpc) is 2.91. The summed E-state index contributed by atoms with van der Waals surface area (Å²) >= 11 is 1.45. The molecule has 1 N–H and O–H groups in total. The van der Waals surface area contributed by atoms with Crippen LogP contribution in [0.25, 0.3) is 0 Å². The lowest BCUT2D eigenvalue weighted by atomic mass is 9.85. The van der Waals surface area contributed by atoms with E-state index in [1.165, 1.54) is 11.3 Å². The third-order valence-corrected chi connectivity index (χ3v) is 5.86. The highest BCUT2D eigenvalue weighted by molar-refractivity contribution is 7.89. The van der Waals surface area contributed by atoms with E-state index in [0.717, 1.165) is 22.4 Å².